The van der Waals surface area contributed by atoms with E-state index < -0.39 is 29.5 Å². The van der Waals surface area contributed by atoms with Gasteiger partial charge in [0.1, 0.15) is 24.8 Å². The number of fused-ring (bicyclic) bond motifs is 1. The molecule has 1 fully saturated rings. The fourth-order valence-electron chi connectivity index (χ4n) is 4.69. The number of nitrogens with zero attached hydrogens (tertiary/aromatic N) is 3. The smallest absolute Gasteiger partial charge is 0.337 e. The van der Waals surface area contributed by atoms with Crippen molar-refractivity contribution in [3.63, 3.8) is 0 Å². The molecular weight excluding hydrogens is 597 g/mol. The zero-order valence-electron chi connectivity index (χ0n) is 22.5. The van der Waals surface area contributed by atoms with Crippen LogP contribution in [0.3, 0.4) is 0 Å². The van der Waals surface area contributed by atoms with Gasteiger partial charge in [-0.2, -0.15) is 0 Å². The van der Waals surface area contributed by atoms with Gasteiger partial charge in [0, 0.05) is 11.3 Å². The number of aliphatic hydroxyl groups excluding tert-OH is 1. The zero-order chi connectivity index (χ0) is 30.1. The fourth-order valence-corrected chi connectivity index (χ4v) is 6.52. The fraction of sp³-hybridized carbons (Fsp3) is 0.167. The van der Waals surface area contributed by atoms with Crippen molar-refractivity contribution in [2.75, 3.05) is 25.2 Å². The van der Waals surface area contributed by atoms with E-state index in [1.807, 2.05) is 0 Å². The van der Waals surface area contributed by atoms with Gasteiger partial charge in [-0.3, -0.25) is 14.5 Å². The van der Waals surface area contributed by atoms with Crippen LogP contribution in [0.5, 0.6) is 11.5 Å². The number of halogens is 1. The second-order valence-electron chi connectivity index (χ2n) is 9.41. The number of aromatic nitrogens is 2. The Kier molecular flexibility index (Phi) is 7.82. The molecule has 1 aromatic heterocycles. The molecule has 1 saturated heterocycles. The van der Waals surface area contributed by atoms with Crippen LogP contribution in [0, 0.1) is 5.82 Å². The maximum absolute atomic E-state index is 13.5. The topological polar surface area (TPSA) is 128 Å². The molecule has 1 atom stereocenters. The third-order valence-corrected chi connectivity index (χ3v) is 8.91. The van der Waals surface area contributed by atoms with E-state index in [9.17, 15) is 23.9 Å². The minimum absolute atomic E-state index is 0.145. The van der Waals surface area contributed by atoms with Crippen molar-refractivity contribution in [3.8, 4) is 11.5 Å². The predicted octanol–water partition coefficient (Wildman–Crippen LogP) is 5.15. The first-order valence-corrected chi connectivity index (χ1v) is 14.7. The summed E-state index contributed by atoms with van der Waals surface area (Å²) in [5.74, 6) is -1.72. The number of Topliss-reactive ketones (excluding diaryl/α,β-unsaturated/α-hetero) is 1. The van der Waals surface area contributed by atoms with E-state index >= 15 is 0 Å². The highest BCUT2D eigenvalue weighted by Gasteiger charge is 2.48. The number of ketones is 1. The molecule has 2 aliphatic heterocycles. The third kappa shape index (κ3) is 5.56. The van der Waals surface area contributed by atoms with Gasteiger partial charge in [0.15, 0.2) is 15.8 Å². The Morgan fingerprint density at radius 1 is 1.02 bits per heavy atom. The van der Waals surface area contributed by atoms with Crippen molar-refractivity contribution in [1.29, 1.82) is 0 Å². The van der Waals surface area contributed by atoms with E-state index in [4.69, 9.17) is 14.2 Å². The number of hydrogen-bond donors (Lipinski definition) is 1. The van der Waals surface area contributed by atoms with Crippen LogP contribution in [-0.2, 0) is 20.1 Å². The Morgan fingerprint density at radius 2 is 1.72 bits per heavy atom. The number of aliphatic hydroxyl groups is 1. The molecule has 3 aromatic carbocycles. The van der Waals surface area contributed by atoms with Crippen LogP contribution in [0.1, 0.15) is 33.1 Å². The molecule has 1 N–H and O–H groups in total. The van der Waals surface area contributed by atoms with Gasteiger partial charge in [0.25, 0.3) is 5.78 Å². The second kappa shape index (κ2) is 11.9. The minimum atomic E-state index is -1.08. The Labute approximate surface area is 252 Å². The van der Waals surface area contributed by atoms with Gasteiger partial charge in [0.05, 0.1) is 24.3 Å². The third-order valence-electron chi connectivity index (χ3n) is 6.79. The Balaban J connectivity index is 1.39. The summed E-state index contributed by atoms with van der Waals surface area (Å²) in [6.45, 7) is 0.712. The number of benzene rings is 3. The van der Waals surface area contributed by atoms with Crippen LogP contribution in [-0.4, -0.2) is 53.3 Å². The maximum atomic E-state index is 13.5. The normalized spacial score (nSPS) is 17.3. The van der Waals surface area contributed by atoms with E-state index in [2.05, 4.69) is 10.2 Å². The number of methoxy groups -OCH3 is 1. The SMILES string of the molecule is COC(=O)c1ccc([C@H]2C(=C(O)c3ccc4c(c3)OCCO4)C(=O)C(=O)N2c2nnc(SCc3ccc(F)cc3)s2)cc1. The van der Waals surface area contributed by atoms with E-state index in [-0.39, 0.29) is 27.6 Å². The van der Waals surface area contributed by atoms with Crippen molar-refractivity contribution >= 4 is 51.6 Å². The van der Waals surface area contributed by atoms with Crippen molar-refractivity contribution in [3.05, 3.63) is 100 Å². The van der Waals surface area contributed by atoms with Gasteiger partial charge in [-0.05, 0) is 53.6 Å². The van der Waals surface area contributed by atoms with E-state index in [1.165, 1.54) is 48.0 Å². The summed E-state index contributed by atoms with van der Waals surface area (Å²) >= 11 is 2.45. The van der Waals surface area contributed by atoms with Gasteiger partial charge in [-0.1, -0.05) is 47.4 Å². The number of hydrogen-bond acceptors (Lipinski definition) is 11. The molecule has 0 saturated carbocycles. The molecule has 0 radical (unpaired) electrons. The summed E-state index contributed by atoms with van der Waals surface area (Å²) in [5, 5.41) is 20.0. The number of ether oxygens (including phenoxy) is 3. The summed E-state index contributed by atoms with van der Waals surface area (Å²) in [6, 6.07) is 15.9. The quantitative estimate of drug-likeness (QED) is 0.0741. The van der Waals surface area contributed by atoms with Crippen LogP contribution < -0.4 is 14.4 Å². The molecule has 43 heavy (non-hydrogen) atoms. The largest absolute Gasteiger partial charge is 0.507 e. The number of amides is 1. The van der Waals surface area contributed by atoms with E-state index in [0.29, 0.717) is 40.4 Å². The average molecular weight is 620 g/mol. The van der Waals surface area contributed by atoms with Crippen molar-refractivity contribution < 1.29 is 38.1 Å². The summed E-state index contributed by atoms with van der Waals surface area (Å²) in [4.78, 5) is 40.3. The standard InChI is InChI=1S/C30H22FN3O7S2/c1-39-28(38)18-6-4-17(5-7-18)24-23(25(35)19-8-11-21-22(14-19)41-13-12-40-21)26(36)27(37)34(24)29-32-33-30(43-29)42-15-16-2-9-20(31)10-3-16/h2-11,14,24,35H,12-13,15H2,1H3/t24-/m0/s1. The lowest BCUT2D eigenvalue weighted by Gasteiger charge is -2.23. The molecule has 218 valence electrons. The average Bonchev–Trinajstić information content (AvgIpc) is 3.61. The highest BCUT2D eigenvalue weighted by atomic mass is 32.2. The first-order chi connectivity index (χ1) is 20.8. The zero-order valence-corrected chi connectivity index (χ0v) is 24.1. The lowest BCUT2D eigenvalue weighted by Crippen LogP contribution is -2.29. The summed E-state index contributed by atoms with van der Waals surface area (Å²) < 4.78 is 29.8. The van der Waals surface area contributed by atoms with Crippen molar-refractivity contribution in [2.24, 2.45) is 0 Å². The summed E-state index contributed by atoms with van der Waals surface area (Å²) in [7, 11) is 1.26. The van der Waals surface area contributed by atoms with Gasteiger partial charge in [0.2, 0.25) is 5.13 Å². The minimum Gasteiger partial charge on any atom is -0.507 e. The lowest BCUT2D eigenvalue weighted by molar-refractivity contribution is -0.132. The Bertz CT molecular complexity index is 1760. The van der Waals surface area contributed by atoms with Gasteiger partial charge >= 0.3 is 11.9 Å². The van der Waals surface area contributed by atoms with Crippen LogP contribution in [0.4, 0.5) is 9.52 Å². The van der Waals surface area contributed by atoms with Gasteiger partial charge < -0.3 is 19.3 Å². The van der Waals surface area contributed by atoms with Crippen LogP contribution in [0.15, 0.2) is 76.6 Å². The molecule has 3 heterocycles. The van der Waals surface area contributed by atoms with Crippen molar-refractivity contribution in [1.82, 2.24) is 10.2 Å². The molecule has 0 unspecified atom stereocenters. The molecular formula is C30H22FN3O7S2. The molecule has 6 rings (SSSR count). The monoisotopic (exact) mass is 619 g/mol. The van der Waals surface area contributed by atoms with Crippen molar-refractivity contribution in [2.45, 2.75) is 16.1 Å². The van der Waals surface area contributed by atoms with E-state index in [1.54, 1.807) is 42.5 Å². The molecule has 13 heteroatoms. The Morgan fingerprint density at radius 3 is 2.44 bits per heavy atom. The number of thioether (sulfide) groups is 1. The molecule has 10 nitrogen and oxygen atoms in total. The number of rotatable bonds is 7. The predicted molar refractivity (Wildman–Crippen MR) is 156 cm³/mol. The number of esters is 1. The molecule has 4 aromatic rings. The van der Waals surface area contributed by atoms with Gasteiger partial charge in [-0.15, -0.1) is 10.2 Å². The lowest BCUT2D eigenvalue weighted by atomic mass is 9.94. The maximum Gasteiger partial charge on any atom is 0.337 e. The summed E-state index contributed by atoms with van der Waals surface area (Å²) in [6.07, 6.45) is 0. The van der Waals surface area contributed by atoms with Gasteiger partial charge in [-0.25, -0.2) is 9.18 Å². The first-order valence-electron chi connectivity index (χ1n) is 12.9. The molecule has 1 amide bonds. The Hall–Kier alpha value is -4.75. The van der Waals surface area contributed by atoms with Crippen LogP contribution in [0.25, 0.3) is 5.76 Å². The highest BCUT2D eigenvalue weighted by Crippen LogP contribution is 2.45. The molecule has 0 spiro atoms. The number of carbonyl (C=O) groups excluding carboxylic acids is 3. The highest BCUT2D eigenvalue weighted by molar-refractivity contribution is 8.00. The van der Waals surface area contributed by atoms with Crippen LogP contribution >= 0.6 is 23.1 Å². The van der Waals surface area contributed by atoms with E-state index in [0.717, 1.165) is 16.9 Å². The molecule has 0 bridgehead atoms. The van der Waals surface area contributed by atoms with Crippen LogP contribution in [0.2, 0.25) is 0 Å². The summed E-state index contributed by atoms with van der Waals surface area (Å²) in [5.41, 5.74) is 1.68. The molecule has 0 aliphatic carbocycles. The first kappa shape index (κ1) is 28.4. The number of carbonyl (C=O) groups is 3. The number of anilines is 1. The second-order valence-corrected chi connectivity index (χ2v) is 11.6. The molecule has 2 aliphatic rings.